The van der Waals surface area contributed by atoms with Crippen LogP contribution in [0.2, 0.25) is 0 Å². The number of carbonyl (C=O) groups excluding carboxylic acids is 2. The molecule has 0 fully saturated rings. The number of hydrogen-bond acceptors (Lipinski definition) is 4. The van der Waals surface area contributed by atoms with Crippen LogP contribution in [0.15, 0.2) is 17.3 Å². The Morgan fingerprint density at radius 3 is 2.71 bits per heavy atom. The van der Waals surface area contributed by atoms with Crippen molar-refractivity contribution in [2.45, 2.75) is 12.8 Å². The van der Waals surface area contributed by atoms with Crippen molar-refractivity contribution < 1.29 is 9.59 Å². The Morgan fingerprint density at radius 1 is 1.43 bits per heavy atom. The third-order valence-corrected chi connectivity index (χ3v) is 1.69. The minimum atomic E-state index is -0.212. The van der Waals surface area contributed by atoms with Crippen LogP contribution in [0.1, 0.15) is 12.8 Å². The highest BCUT2D eigenvalue weighted by Crippen LogP contribution is 1.94. The topological polar surface area (TPSA) is 66.8 Å². The molecule has 0 radical (unpaired) electrons. The van der Waals surface area contributed by atoms with E-state index in [-0.39, 0.29) is 12.5 Å². The Bertz CT molecular complexity index is 226. The van der Waals surface area contributed by atoms with E-state index < -0.39 is 0 Å². The fraction of sp³-hybridized carbons (Fsp3) is 0.556. The van der Waals surface area contributed by atoms with Gasteiger partial charge in [-0.15, -0.1) is 0 Å². The monoisotopic (exact) mass is 198 g/mol. The number of carbonyl (C=O) groups is 2. The Hall–Kier alpha value is -1.52. The lowest BCUT2D eigenvalue weighted by Gasteiger charge is -2.13. The predicted molar refractivity (Wildman–Crippen MR) is 52.7 cm³/mol. The summed E-state index contributed by atoms with van der Waals surface area (Å²) < 4.78 is 0. The van der Waals surface area contributed by atoms with Crippen LogP contribution in [0, 0.1) is 4.91 Å². The van der Waals surface area contributed by atoms with Crippen molar-refractivity contribution in [3.8, 4) is 0 Å². The average Bonchev–Trinajstić information content (AvgIpc) is 2.20. The molecule has 5 nitrogen and oxygen atoms in total. The molecular weight excluding hydrogens is 184 g/mol. The van der Waals surface area contributed by atoms with Gasteiger partial charge in [-0.3, -0.25) is 9.59 Å². The number of unbranched alkanes of at least 4 members (excludes halogenated alkanes) is 1. The molecule has 0 atom stereocenters. The molecule has 0 aromatic heterocycles. The van der Waals surface area contributed by atoms with E-state index >= 15 is 0 Å². The molecule has 0 aliphatic rings. The van der Waals surface area contributed by atoms with Crippen LogP contribution in [-0.2, 0) is 9.59 Å². The number of nitrogens with zero attached hydrogens (tertiary/aromatic N) is 2. The number of hydrogen-bond donors (Lipinski definition) is 0. The molecule has 0 aromatic rings. The first-order valence-corrected chi connectivity index (χ1v) is 4.38. The van der Waals surface area contributed by atoms with Gasteiger partial charge in [0, 0.05) is 19.7 Å². The summed E-state index contributed by atoms with van der Waals surface area (Å²) in [5.74, 6) is -0.212. The average molecular weight is 198 g/mol. The van der Waals surface area contributed by atoms with Crippen molar-refractivity contribution in [2.75, 3.05) is 20.1 Å². The number of likely N-dealkylation sites (N-methyl/N-ethyl adjacent to an activating group) is 1. The second kappa shape index (κ2) is 8.10. The molecule has 0 aromatic carbocycles. The highest BCUT2D eigenvalue weighted by molar-refractivity contribution is 5.90. The molecule has 0 rings (SSSR count). The number of aldehydes is 1. The Morgan fingerprint density at radius 2 is 2.14 bits per heavy atom. The maximum atomic E-state index is 11.2. The maximum Gasteiger partial charge on any atom is 0.246 e. The summed E-state index contributed by atoms with van der Waals surface area (Å²) >= 11 is 0. The summed E-state index contributed by atoms with van der Waals surface area (Å²) in [7, 11) is 1.64. The number of nitroso groups, excluding NO2 is 1. The molecule has 0 heterocycles. The number of rotatable bonds is 7. The summed E-state index contributed by atoms with van der Waals surface area (Å²) in [5, 5.41) is 2.71. The van der Waals surface area contributed by atoms with Crippen LogP contribution >= 0.6 is 0 Å². The van der Waals surface area contributed by atoms with Crippen LogP contribution < -0.4 is 0 Å². The fourth-order valence-corrected chi connectivity index (χ4v) is 0.884. The van der Waals surface area contributed by atoms with Gasteiger partial charge in [0.05, 0.1) is 6.54 Å². The molecule has 0 aliphatic heterocycles. The zero-order valence-corrected chi connectivity index (χ0v) is 8.18. The summed E-state index contributed by atoms with van der Waals surface area (Å²) in [6, 6.07) is 0. The normalized spacial score (nSPS) is 10.1. The molecule has 14 heavy (non-hydrogen) atoms. The molecule has 0 unspecified atom stereocenters. The highest BCUT2D eigenvalue weighted by atomic mass is 16.3. The number of allylic oxidation sites excluding steroid dienone is 1. The van der Waals surface area contributed by atoms with Crippen molar-refractivity contribution in [3.05, 3.63) is 17.1 Å². The lowest BCUT2D eigenvalue weighted by atomic mass is 10.3. The Labute approximate surface area is 82.7 Å². The van der Waals surface area contributed by atoms with Gasteiger partial charge < -0.3 is 4.90 Å². The number of amides is 1. The van der Waals surface area contributed by atoms with Crippen molar-refractivity contribution in [1.29, 1.82) is 0 Å². The van der Waals surface area contributed by atoms with Crippen LogP contribution in [0.25, 0.3) is 0 Å². The van der Waals surface area contributed by atoms with Crippen LogP contribution in [-0.4, -0.2) is 37.2 Å². The lowest BCUT2D eigenvalue weighted by Crippen LogP contribution is -2.25. The Kier molecular flexibility index (Phi) is 7.22. The summed E-state index contributed by atoms with van der Waals surface area (Å²) in [6.07, 6.45) is 4.35. The van der Waals surface area contributed by atoms with Gasteiger partial charge in [-0.25, -0.2) is 0 Å². The van der Waals surface area contributed by atoms with Gasteiger partial charge in [0.15, 0.2) is 0 Å². The zero-order valence-electron chi connectivity index (χ0n) is 8.18. The van der Waals surface area contributed by atoms with Crippen molar-refractivity contribution in [1.82, 2.24) is 4.90 Å². The Balaban J connectivity index is 3.66. The molecule has 78 valence electrons. The van der Waals surface area contributed by atoms with Gasteiger partial charge >= 0.3 is 0 Å². The van der Waals surface area contributed by atoms with Crippen LogP contribution in [0.3, 0.4) is 0 Å². The van der Waals surface area contributed by atoms with E-state index in [1.807, 2.05) is 0 Å². The smallest absolute Gasteiger partial charge is 0.246 e. The van der Waals surface area contributed by atoms with Crippen LogP contribution in [0.4, 0.5) is 0 Å². The first-order chi connectivity index (χ1) is 6.72. The van der Waals surface area contributed by atoms with Gasteiger partial charge in [0.1, 0.15) is 6.29 Å². The van der Waals surface area contributed by atoms with E-state index in [4.69, 9.17) is 0 Å². The first kappa shape index (κ1) is 12.5. The minimum Gasteiger partial charge on any atom is -0.342 e. The molecular formula is C9H14N2O3. The molecule has 0 saturated carbocycles. The van der Waals surface area contributed by atoms with Gasteiger partial charge in [0.2, 0.25) is 5.91 Å². The molecule has 0 bridgehead atoms. The predicted octanol–water partition coefficient (Wildman–Crippen LogP) is 0.746. The highest BCUT2D eigenvalue weighted by Gasteiger charge is 2.03. The quantitative estimate of drug-likeness (QED) is 0.262. The van der Waals surface area contributed by atoms with E-state index in [9.17, 15) is 14.5 Å². The summed E-state index contributed by atoms with van der Waals surface area (Å²) in [5.41, 5.74) is 0. The summed E-state index contributed by atoms with van der Waals surface area (Å²) in [6.45, 7) is 0.851. The van der Waals surface area contributed by atoms with Gasteiger partial charge in [-0.05, 0) is 18.9 Å². The van der Waals surface area contributed by atoms with Gasteiger partial charge in [-0.1, -0.05) is 5.18 Å². The first-order valence-electron chi connectivity index (χ1n) is 4.38. The van der Waals surface area contributed by atoms with E-state index in [0.29, 0.717) is 19.3 Å². The second-order valence-corrected chi connectivity index (χ2v) is 2.81. The molecule has 0 aliphatic carbocycles. The fourth-order valence-electron chi connectivity index (χ4n) is 0.884. The van der Waals surface area contributed by atoms with Crippen molar-refractivity contribution >= 4 is 12.2 Å². The van der Waals surface area contributed by atoms with Gasteiger partial charge in [0.25, 0.3) is 0 Å². The largest absolute Gasteiger partial charge is 0.342 e. The minimum absolute atomic E-state index is 0.212. The van der Waals surface area contributed by atoms with E-state index in [2.05, 4.69) is 5.18 Å². The molecule has 0 spiro atoms. The van der Waals surface area contributed by atoms with Crippen LogP contribution in [0.5, 0.6) is 0 Å². The molecule has 5 heteroatoms. The maximum absolute atomic E-state index is 11.2. The molecule has 0 N–H and O–H groups in total. The zero-order chi connectivity index (χ0) is 10.8. The van der Waals surface area contributed by atoms with E-state index in [0.717, 1.165) is 12.5 Å². The summed E-state index contributed by atoms with van der Waals surface area (Å²) in [4.78, 5) is 32.3. The SMILES string of the molecule is CN(CCCCN=O)C(=O)/C=C\C=O. The third-order valence-electron chi connectivity index (χ3n) is 1.69. The van der Waals surface area contributed by atoms with Crippen molar-refractivity contribution in [2.24, 2.45) is 5.18 Å². The van der Waals surface area contributed by atoms with Gasteiger partial charge in [-0.2, -0.15) is 4.91 Å². The van der Waals surface area contributed by atoms with E-state index in [1.54, 1.807) is 7.05 Å². The standard InChI is InChI=1S/C9H14N2O3/c1-11(7-3-2-6-10-14)9(13)5-4-8-12/h4-5,8H,2-3,6-7H2,1H3/b5-4-. The molecule has 1 amide bonds. The second-order valence-electron chi connectivity index (χ2n) is 2.81. The molecule has 0 saturated heterocycles. The van der Waals surface area contributed by atoms with E-state index in [1.165, 1.54) is 11.0 Å². The lowest BCUT2D eigenvalue weighted by molar-refractivity contribution is -0.125. The third kappa shape index (κ3) is 6.05. The van der Waals surface area contributed by atoms with Crippen molar-refractivity contribution in [3.63, 3.8) is 0 Å².